The van der Waals surface area contributed by atoms with Crippen molar-refractivity contribution < 1.29 is 27.5 Å². The fourth-order valence-corrected chi connectivity index (χ4v) is 1.87. The van der Waals surface area contributed by atoms with Crippen molar-refractivity contribution in [1.82, 2.24) is 9.88 Å². The number of carbonyl (C=O) groups excluding carboxylic acids is 2. The van der Waals surface area contributed by atoms with E-state index in [1.807, 2.05) is 0 Å². The molecule has 1 amide bonds. The SMILES string of the molecule is COC(=O)CCN(CC(F)(F)F)C(=O)c1cncc(Br)c1. The molecule has 9 heteroatoms. The number of hydrogen-bond donors (Lipinski definition) is 0. The maximum absolute atomic E-state index is 12.5. The van der Waals surface area contributed by atoms with Crippen LogP contribution in [0.4, 0.5) is 13.2 Å². The van der Waals surface area contributed by atoms with Crippen LogP contribution in [0, 0.1) is 0 Å². The van der Waals surface area contributed by atoms with Gasteiger partial charge in [-0.25, -0.2) is 0 Å². The highest BCUT2D eigenvalue weighted by molar-refractivity contribution is 9.10. The lowest BCUT2D eigenvalue weighted by molar-refractivity contribution is -0.147. The smallest absolute Gasteiger partial charge is 0.406 e. The Morgan fingerprint density at radius 2 is 2.05 bits per heavy atom. The number of ether oxygens (including phenoxy) is 1. The van der Waals surface area contributed by atoms with E-state index in [1.54, 1.807) is 0 Å². The van der Waals surface area contributed by atoms with Crippen LogP contribution in [0.2, 0.25) is 0 Å². The molecule has 21 heavy (non-hydrogen) atoms. The molecule has 0 bridgehead atoms. The summed E-state index contributed by atoms with van der Waals surface area (Å²) in [6.07, 6.45) is -2.32. The number of esters is 1. The molecule has 0 unspecified atom stereocenters. The first kappa shape index (κ1) is 17.4. The van der Waals surface area contributed by atoms with Gasteiger partial charge in [-0.05, 0) is 22.0 Å². The van der Waals surface area contributed by atoms with Crippen molar-refractivity contribution in [1.29, 1.82) is 0 Å². The molecule has 0 saturated carbocycles. The zero-order chi connectivity index (χ0) is 16.0. The summed E-state index contributed by atoms with van der Waals surface area (Å²) in [6, 6.07) is 1.36. The Morgan fingerprint density at radius 1 is 1.38 bits per heavy atom. The average Bonchev–Trinajstić information content (AvgIpc) is 2.41. The number of aromatic nitrogens is 1. The molecule has 0 spiro atoms. The molecule has 0 aliphatic rings. The van der Waals surface area contributed by atoms with E-state index in [-0.39, 0.29) is 12.0 Å². The summed E-state index contributed by atoms with van der Waals surface area (Å²) in [5.41, 5.74) is -0.00140. The van der Waals surface area contributed by atoms with Gasteiger partial charge in [0.15, 0.2) is 0 Å². The fourth-order valence-electron chi connectivity index (χ4n) is 1.51. The third-order valence-corrected chi connectivity index (χ3v) is 2.86. The van der Waals surface area contributed by atoms with Crippen molar-refractivity contribution in [2.45, 2.75) is 12.6 Å². The predicted molar refractivity (Wildman–Crippen MR) is 70.5 cm³/mol. The van der Waals surface area contributed by atoms with Crippen LogP contribution in [0.1, 0.15) is 16.8 Å². The molecular weight excluding hydrogens is 357 g/mol. The van der Waals surface area contributed by atoms with E-state index in [2.05, 4.69) is 25.7 Å². The van der Waals surface area contributed by atoms with Crippen LogP contribution in [0.3, 0.4) is 0 Å². The zero-order valence-electron chi connectivity index (χ0n) is 11.0. The van der Waals surface area contributed by atoms with Crippen LogP contribution >= 0.6 is 15.9 Å². The molecule has 0 atom stereocenters. The molecule has 0 radical (unpaired) electrons. The van der Waals surface area contributed by atoms with E-state index in [0.717, 1.165) is 13.3 Å². The van der Waals surface area contributed by atoms with Gasteiger partial charge in [0, 0.05) is 23.4 Å². The van der Waals surface area contributed by atoms with Gasteiger partial charge in [0.05, 0.1) is 19.1 Å². The lowest BCUT2D eigenvalue weighted by Gasteiger charge is -2.23. The van der Waals surface area contributed by atoms with Crippen LogP contribution in [0.25, 0.3) is 0 Å². The van der Waals surface area contributed by atoms with Gasteiger partial charge in [0.1, 0.15) is 6.54 Å². The van der Waals surface area contributed by atoms with E-state index in [4.69, 9.17) is 0 Å². The maximum Gasteiger partial charge on any atom is 0.406 e. The standard InChI is InChI=1S/C12H12BrF3N2O3/c1-21-10(19)2-3-18(7-12(14,15)16)11(20)8-4-9(13)6-17-5-8/h4-6H,2-3,7H2,1H3. The Morgan fingerprint density at radius 3 is 2.57 bits per heavy atom. The normalized spacial score (nSPS) is 11.1. The van der Waals surface area contributed by atoms with Crippen molar-refractivity contribution in [3.05, 3.63) is 28.5 Å². The van der Waals surface area contributed by atoms with Gasteiger partial charge in [-0.15, -0.1) is 0 Å². The van der Waals surface area contributed by atoms with Gasteiger partial charge < -0.3 is 9.64 Å². The summed E-state index contributed by atoms with van der Waals surface area (Å²) >= 11 is 3.08. The van der Waals surface area contributed by atoms with Crippen LogP contribution in [-0.2, 0) is 9.53 Å². The highest BCUT2D eigenvalue weighted by atomic mass is 79.9. The highest BCUT2D eigenvalue weighted by Crippen LogP contribution is 2.19. The van der Waals surface area contributed by atoms with Crippen LogP contribution in [0.15, 0.2) is 22.9 Å². The van der Waals surface area contributed by atoms with Gasteiger partial charge in [0.25, 0.3) is 5.91 Å². The molecule has 0 N–H and O–H groups in total. The number of alkyl halides is 3. The minimum absolute atomic E-state index is 0.00140. The summed E-state index contributed by atoms with van der Waals surface area (Å²) in [7, 11) is 1.12. The molecule has 1 rings (SSSR count). The van der Waals surface area contributed by atoms with E-state index in [9.17, 15) is 22.8 Å². The van der Waals surface area contributed by atoms with Crippen molar-refractivity contribution in [3.63, 3.8) is 0 Å². The summed E-state index contributed by atoms with van der Waals surface area (Å²) in [4.78, 5) is 27.4. The molecule has 1 aromatic heterocycles. The monoisotopic (exact) mass is 368 g/mol. The van der Waals surface area contributed by atoms with Gasteiger partial charge in [-0.1, -0.05) is 0 Å². The Kier molecular flexibility index (Phi) is 6.13. The van der Waals surface area contributed by atoms with Crippen molar-refractivity contribution in [2.75, 3.05) is 20.2 Å². The molecule has 1 heterocycles. The Bertz CT molecular complexity index is 523. The van der Waals surface area contributed by atoms with Crippen molar-refractivity contribution >= 4 is 27.8 Å². The van der Waals surface area contributed by atoms with E-state index in [1.165, 1.54) is 12.3 Å². The first-order valence-corrected chi connectivity index (χ1v) is 6.55. The van der Waals surface area contributed by atoms with Crippen LogP contribution < -0.4 is 0 Å². The second kappa shape index (κ2) is 7.39. The summed E-state index contributed by atoms with van der Waals surface area (Å²) < 4.78 is 42.4. The largest absolute Gasteiger partial charge is 0.469 e. The van der Waals surface area contributed by atoms with Gasteiger partial charge in [-0.2, -0.15) is 13.2 Å². The molecule has 0 fully saturated rings. The van der Waals surface area contributed by atoms with E-state index < -0.39 is 31.1 Å². The average molecular weight is 369 g/mol. The Hall–Kier alpha value is -1.64. The quantitative estimate of drug-likeness (QED) is 0.748. The number of pyridine rings is 1. The fraction of sp³-hybridized carbons (Fsp3) is 0.417. The topological polar surface area (TPSA) is 59.5 Å². The third kappa shape index (κ3) is 6.11. The number of methoxy groups -OCH3 is 1. The number of halogens is 4. The summed E-state index contributed by atoms with van der Waals surface area (Å²) in [5, 5.41) is 0. The summed E-state index contributed by atoms with van der Waals surface area (Å²) in [5.74, 6) is -1.55. The molecule has 116 valence electrons. The van der Waals surface area contributed by atoms with Crippen molar-refractivity contribution in [2.24, 2.45) is 0 Å². The lowest BCUT2D eigenvalue weighted by Crippen LogP contribution is -2.40. The van der Waals surface area contributed by atoms with Crippen LogP contribution in [-0.4, -0.2) is 48.1 Å². The number of rotatable bonds is 5. The lowest BCUT2D eigenvalue weighted by atomic mass is 10.2. The van der Waals surface area contributed by atoms with Gasteiger partial charge in [0.2, 0.25) is 0 Å². The number of amides is 1. The minimum Gasteiger partial charge on any atom is -0.469 e. The second-order valence-corrected chi connectivity index (χ2v) is 4.98. The zero-order valence-corrected chi connectivity index (χ0v) is 12.6. The highest BCUT2D eigenvalue weighted by Gasteiger charge is 2.33. The molecule has 0 aromatic carbocycles. The number of hydrogen-bond acceptors (Lipinski definition) is 4. The van der Waals surface area contributed by atoms with Crippen molar-refractivity contribution in [3.8, 4) is 0 Å². The Balaban J connectivity index is 2.89. The molecular formula is C12H12BrF3N2O3. The van der Waals surface area contributed by atoms with Gasteiger partial charge >= 0.3 is 12.1 Å². The van der Waals surface area contributed by atoms with Gasteiger partial charge in [-0.3, -0.25) is 14.6 Å². The molecule has 1 aromatic rings. The first-order chi connectivity index (χ1) is 9.73. The molecule has 5 nitrogen and oxygen atoms in total. The second-order valence-electron chi connectivity index (χ2n) is 4.06. The first-order valence-electron chi connectivity index (χ1n) is 5.76. The Labute approximate surface area is 127 Å². The number of carbonyl (C=O) groups is 2. The molecule has 0 aliphatic carbocycles. The predicted octanol–water partition coefficient (Wildman–Crippen LogP) is 2.41. The maximum atomic E-state index is 12.5. The number of nitrogens with zero attached hydrogens (tertiary/aromatic N) is 2. The minimum atomic E-state index is -4.56. The summed E-state index contributed by atoms with van der Waals surface area (Å²) in [6.45, 7) is -1.84. The molecule has 0 aliphatic heterocycles. The van der Waals surface area contributed by atoms with E-state index >= 15 is 0 Å². The van der Waals surface area contributed by atoms with Crippen LogP contribution in [0.5, 0.6) is 0 Å². The molecule has 0 saturated heterocycles. The van der Waals surface area contributed by atoms with E-state index in [0.29, 0.717) is 9.37 Å². The third-order valence-electron chi connectivity index (χ3n) is 2.42.